The maximum absolute atomic E-state index is 12.9. The van der Waals surface area contributed by atoms with E-state index in [1.54, 1.807) is 0 Å². The van der Waals surface area contributed by atoms with Gasteiger partial charge in [-0.25, -0.2) is 0 Å². The fraction of sp³-hybridized carbons (Fsp3) is 1.00. The Balaban J connectivity index is 1.76. The predicted octanol–water partition coefficient (Wildman–Crippen LogP) is 4.83. The Morgan fingerprint density at radius 1 is 1.25 bits per heavy atom. The van der Waals surface area contributed by atoms with E-state index in [9.17, 15) is 4.39 Å². The Bertz CT molecular complexity index is 254. The second kappa shape index (κ2) is 3.99. The second-order valence-corrected chi connectivity index (χ2v) is 7.14. The lowest BCUT2D eigenvalue weighted by Crippen LogP contribution is -2.16. The number of alkyl halides is 1. The molecule has 0 nitrogen and oxygen atoms in total. The summed E-state index contributed by atoms with van der Waals surface area (Å²) in [6, 6.07) is 0. The van der Waals surface area contributed by atoms with Gasteiger partial charge in [-0.2, -0.15) is 0 Å². The van der Waals surface area contributed by atoms with E-state index in [2.05, 4.69) is 27.7 Å². The van der Waals surface area contributed by atoms with E-state index in [1.807, 2.05) is 0 Å². The molecule has 0 bridgehead atoms. The summed E-state index contributed by atoms with van der Waals surface area (Å²) in [5.41, 5.74) is 0.702. The zero-order valence-corrected chi connectivity index (χ0v) is 11.4. The van der Waals surface area contributed by atoms with E-state index in [0.29, 0.717) is 11.3 Å². The highest BCUT2D eigenvalue weighted by Gasteiger charge is 2.52. The van der Waals surface area contributed by atoms with E-state index < -0.39 is 0 Å². The van der Waals surface area contributed by atoms with Crippen LogP contribution in [0.2, 0.25) is 0 Å². The van der Waals surface area contributed by atoms with Crippen LogP contribution >= 0.6 is 0 Å². The molecule has 2 aliphatic rings. The van der Waals surface area contributed by atoms with Gasteiger partial charge < -0.3 is 0 Å². The van der Waals surface area contributed by atoms with Crippen LogP contribution < -0.4 is 0 Å². The summed E-state index contributed by atoms with van der Waals surface area (Å²) < 4.78 is 12.9. The number of hydrogen-bond acceptors (Lipinski definition) is 0. The van der Waals surface area contributed by atoms with Crippen LogP contribution in [0.3, 0.4) is 0 Å². The average molecular weight is 226 g/mol. The van der Waals surface area contributed by atoms with Crippen molar-refractivity contribution in [1.82, 2.24) is 0 Å². The van der Waals surface area contributed by atoms with Gasteiger partial charge in [0.15, 0.2) is 0 Å². The third-order valence-electron chi connectivity index (χ3n) is 5.58. The molecule has 3 atom stereocenters. The van der Waals surface area contributed by atoms with Crippen molar-refractivity contribution < 1.29 is 4.39 Å². The molecule has 0 aromatic heterocycles. The predicted molar refractivity (Wildman–Crippen MR) is 67.1 cm³/mol. The first-order valence-corrected chi connectivity index (χ1v) is 6.99. The molecular weight excluding hydrogens is 199 g/mol. The first kappa shape index (κ1) is 12.4. The Hall–Kier alpha value is -0.0700. The van der Waals surface area contributed by atoms with Crippen molar-refractivity contribution in [3.8, 4) is 0 Å². The highest BCUT2D eigenvalue weighted by Crippen LogP contribution is 2.61. The van der Waals surface area contributed by atoms with Gasteiger partial charge in [0, 0.05) is 5.41 Å². The molecule has 0 heterocycles. The molecule has 0 amide bonds. The molecule has 3 unspecified atom stereocenters. The molecule has 0 radical (unpaired) electrons. The van der Waals surface area contributed by atoms with Crippen molar-refractivity contribution in [3.63, 3.8) is 0 Å². The van der Waals surface area contributed by atoms with Gasteiger partial charge in [0.2, 0.25) is 0 Å². The SMILES string of the molecule is CC(C)C1CC1(C)CCC(C)C1(CF)CC1. The smallest absolute Gasteiger partial charge is 0.0953 e. The molecule has 1 heteroatoms. The summed E-state index contributed by atoms with van der Waals surface area (Å²) in [6.07, 6.45) is 6.23. The monoisotopic (exact) mass is 226 g/mol. The van der Waals surface area contributed by atoms with Crippen LogP contribution in [-0.4, -0.2) is 6.67 Å². The fourth-order valence-electron chi connectivity index (χ4n) is 3.54. The maximum Gasteiger partial charge on any atom is 0.0953 e. The van der Waals surface area contributed by atoms with Crippen LogP contribution in [-0.2, 0) is 0 Å². The van der Waals surface area contributed by atoms with Gasteiger partial charge in [-0.1, -0.05) is 27.7 Å². The summed E-state index contributed by atoms with van der Waals surface area (Å²) in [5.74, 6) is 2.36. The lowest BCUT2D eigenvalue weighted by molar-refractivity contribution is 0.221. The summed E-state index contributed by atoms with van der Waals surface area (Å²) >= 11 is 0. The van der Waals surface area contributed by atoms with Gasteiger partial charge >= 0.3 is 0 Å². The van der Waals surface area contributed by atoms with E-state index in [1.165, 1.54) is 19.3 Å². The average Bonchev–Trinajstić information content (AvgIpc) is 3.10. The quantitative estimate of drug-likeness (QED) is 0.608. The second-order valence-electron chi connectivity index (χ2n) is 7.14. The third kappa shape index (κ3) is 2.15. The molecule has 2 rings (SSSR count). The molecule has 2 fully saturated rings. The zero-order valence-electron chi connectivity index (χ0n) is 11.4. The van der Waals surface area contributed by atoms with Gasteiger partial charge in [-0.15, -0.1) is 0 Å². The standard InChI is InChI=1S/C15H27F/c1-11(2)13-9-14(13,4)6-5-12(3)15(10-16)7-8-15/h11-13H,5-10H2,1-4H3. The normalized spacial score (nSPS) is 37.5. The molecule has 0 spiro atoms. The van der Waals surface area contributed by atoms with E-state index in [0.717, 1.165) is 24.7 Å². The van der Waals surface area contributed by atoms with Crippen molar-refractivity contribution in [2.45, 2.75) is 59.8 Å². The van der Waals surface area contributed by atoms with Crippen LogP contribution in [0.15, 0.2) is 0 Å². The van der Waals surface area contributed by atoms with Crippen molar-refractivity contribution in [1.29, 1.82) is 0 Å². The summed E-state index contributed by atoms with van der Waals surface area (Å²) in [7, 11) is 0. The van der Waals surface area contributed by atoms with Crippen LogP contribution in [0.25, 0.3) is 0 Å². The van der Waals surface area contributed by atoms with Gasteiger partial charge in [0.1, 0.15) is 0 Å². The fourth-order valence-corrected chi connectivity index (χ4v) is 3.54. The molecule has 0 N–H and O–H groups in total. The Morgan fingerprint density at radius 2 is 1.88 bits per heavy atom. The van der Waals surface area contributed by atoms with Crippen molar-refractivity contribution in [2.24, 2.45) is 28.6 Å². The number of rotatable bonds is 6. The van der Waals surface area contributed by atoms with E-state index in [-0.39, 0.29) is 12.1 Å². The van der Waals surface area contributed by atoms with Gasteiger partial charge in [-0.3, -0.25) is 4.39 Å². The molecule has 16 heavy (non-hydrogen) atoms. The Morgan fingerprint density at radius 3 is 2.25 bits per heavy atom. The lowest BCUT2D eigenvalue weighted by atomic mass is 9.83. The molecule has 0 aromatic carbocycles. The van der Waals surface area contributed by atoms with Crippen LogP contribution in [0.1, 0.15) is 59.8 Å². The van der Waals surface area contributed by atoms with Crippen LogP contribution in [0.4, 0.5) is 4.39 Å². The third-order valence-corrected chi connectivity index (χ3v) is 5.58. The Kier molecular flexibility index (Phi) is 3.09. The highest BCUT2D eigenvalue weighted by atomic mass is 19.1. The molecule has 2 aliphatic carbocycles. The molecule has 0 saturated heterocycles. The number of hydrogen-bond donors (Lipinski definition) is 0. The molecule has 2 saturated carbocycles. The first-order chi connectivity index (χ1) is 7.43. The first-order valence-electron chi connectivity index (χ1n) is 6.99. The highest BCUT2D eigenvalue weighted by molar-refractivity contribution is 5.02. The number of halogens is 1. The van der Waals surface area contributed by atoms with E-state index >= 15 is 0 Å². The minimum atomic E-state index is -0.0848. The topological polar surface area (TPSA) is 0 Å². The minimum absolute atomic E-state index is 0.0848. The minimum Gasteiger partial charge on any atom is -0.250 e. The molecule has 0 aromatic rings. The Labute approximate surface area is 100 Å². The van der Waals surface area contributed by atoms with Crippen LogP contribution in [0.5, 0.6) is 0 Å². The van der Waals surface area contributed by atoms with E-state index in [4.69, 9.17) is 0 Å². The zero-order chi connectivity index (χ0) is 12.0. The van der Waals surface area contributed by atoms with Crippen LogP contribution in [0, 0.1) is 28.6 Å². The summed E-state index contributed by atoms with van der Waals surface area (Å²) in [4.78, 5) is 0. The van der Waals surface area contributed by atoms with Gasteiger partial charge in [0.05, 0.1) is 6.67 Å². The summed E-state index contributed by atoms with van der Waals surface area (Å²) in [6.45, 7) is 9.28. The maximum atomic E-state index is 12.9. The molecule has 0 aliphatic heterocycles. The van der Waals surface area contributed by atoms with Crippen molar-refractivity contribution in [2.75, 3.05) is 6.67 Å². The summed E-state index contributed by atoms with van der Waals surface area (Å²) in [5, 5.41) is 0. The van der Waals surface area contributed by atoms with Crippen molar-refractivity contribution >= 4 is 0 Å². The lowest BCUT2D eigenvalue weighted by Gasteiger charge is -2.22. The van der Waals surface area contributed by atoms with Gasteiger partial charge in [-0.05, 0) is 55.3 Å². The molecular formula is C15H27F. The van der Waals surface area contributed by atoms with Gasteiger partial charge in [0.25, 0.3) is 0 Å². The largest absolute Gasteiger partial charge is 0.250 e. The van der Waals surface area contributed by atoms with Crippen molar-refractivity contribution in [3.05, 3.63) is 0 Å². The molecule has 94 valence electrons.